The zero-order valence-corrected chi connectivity index (χ0v) is 8.98. The van der Waals surface area contributed by atoms with Gasteiger partial charge in [-0.3, -0.25) is 4.79 Å². The Hall–Kier alpha value is -0.610. The number of β-amino-alcohol motifs (C(OH)–C–C–N with tert-alkyl or cyclic N) is 1. The van der Waals surface area contributed by atoms with Crippen molar-refractivity contribution >= 4 is 5.97 Å². The van der Waals surface area contributed by atoms with Gasteiger partial charge in [-0.2, -0.15) is 0 Å². The van der Waals surface area contributed by atoms with Gasteiger partial charge in [0.1, 0.15) is 0 Å². The molecule has 2 rings (SSSR count). The molecule has 15 heavy (non-hydrogen) atoms. The molecular formula is C11H19NO3. The van der Waals surface area contributed by atoms with E-state index >= 15 is 0 Å². The number of carboxylic acid groups (broad SMARTS) is 1. The number of carbonyl (C=O) groups is 1. The molecule has 1 saturated heterocycles. The highest BCUT2D eigenvalue weighted by Gasteiger charge is 2.45. The number of aliphatic hydroxyl groups is 1. The molecule has 0 aromatic carbocycles. The average molecular weight is 213 g/mol. The lowest BCUT2D eigenvalue weighted by atomic mass is 9.84. The van der Waals surface area contributed by atoms with Gasteiger partial charge in [0.25, 0.3) is 0 Å². The Balaban J connectivity index is 1.92. The van der Waals surface area contributed by atoms with Crippen molar-refractivity contribution < 1.29 is 15.0 Å². The molecule has 0 unspecified atom stereocenters. The minimum absolute atomic E-state index is 0.126. The molecule has 0 bridgehead atoms. The van der Waals surface area contributed by atoms with E-state index in [-0.39, 0.29) is 17.9 Å². The van der Waals surface area contributed by atoms with Crippen molar-refractivity contribution in [3.63, 3.8) is 0 Å². The summed E-state index contributed by atoms with van der Waals surface area (Å²) in [7, 11) is 0. The standard InChI is InChI=1S/C11H19NO3/c13-6-5-12-4-3-11(8-12)2-1-9(7-11)10(14)15/h9,13H,1-8H2,(H,14,15)/t9-,11+/m0/s1. The van der Waals surface area contributed by atoms with Crippen LogP contribution < -0.4 is 0 Å². The highest BCUT2D eigenvalue weighted by molar-refractivity contribution is 5.70. The molecule has 0 aromatic heterocycles. The number of aliphatic carboxylic acids is 1. The van der Waals surface area contributed by atoms with Crippen molar-refractivity contribution in [3.05, 3.63) is 0 Å². The smallest absolute Gasteiger partial charge is 0.306 e. The van der Waals surface area contributed by atoms with Gasteiger partial charge < -0.3 is 15.1 Å². The molecule has 2 N–H and O–H groups in total. The highest BCUT2D eigenvalue weighted by atomic mass is 16.4. The van der Waals surface area contributed by atoms with E-state index in [9.17, 15) is 4.79 Å². The molecule has 4 heteroatoms. The third-order valence-electron chi connectivity index (χ3n) is 3.99. The van der Waals surface area contributed by atoms with Crippen LogP contribution in [0.4, 0.5) is 0 Å². The molecule has 2 fully saturated rings. The van der Waals surface area contributed by atoms with Gasteiger partial charge >= 0.3 is 5.97 Å². The van der Waals surface area contributed by atoms with E-state index in [0.29, 0.717) is 0 Å². The third kappa shape index (κ3) is 2.16. The second kappa shape index (κ2) is 4.10. The van der Waals surface area contributed by atoms with Gasteiger partial charge in [0, 0.05) is 13.1 Å². The van der Waals surface area contributed by atoms with Gasteiger partial charge in [0.2, 0.25) is 0 Å². The van der Waals surface area contributed by atoms with Crippen LogP contribution in [0.25, 0.3) is 0 Å². The van der Waals surface area contributed by atoms with Crippen molar-refractivity contribution in [3.8, 4) is 0 Å². The quantitative estimate of drug-likeness (QED) is 0.719. The number of aliphatic hydroxyl groups excluding tert-OH is 1. The van der Waals surface area contributed by atoms with Gasteiger partial charge in [0.05, 0.1) is 12.5 Å². The predicted octanol–water partition coefficient (Wildman–Crippen LogP) is 0.556. The maximum Gasteiger partial charge on any atom is 0.306 e. The van der Waals surface area contributed by atoms with Crippen LogP contribution in [0.2, 0.25) is 0 Å². The van der Waals surface area contributed by atoms with E-state index in [0.717, 1.165) is 45.3 Å². The normalized spacial score (nSPS) is 36.5. The summed E-state index contributed by atoms with van der Waals surface area (Å²) >= 11 is 0. The second-order valence-electron chi connectivity index (χ2n) is 5.03. The Kier molecular flexibility index (Phi) is 2.98. The van der Waals surface area contributed by atoms with E-state index in [1.165, 1.54) is 0 Å². The summed E-state index contributed by atoms with van der Waals surface area (Å²) in [5.74, 6) is -0.758. The van der Waals surface area contributed by atoms with Crippen LogP contribution >= 0.6 is 0 Å². The van der Waals surface area contributed by atoms with Gasteiger partial charge in [-0.25, -0.2) is 0 Å². The molecule has 0 amide bonds. The zero-order chi connectivity index (χ0) is 10.9. The minimum atomic E-state index is -0.632. The maximum atomic E-state index is 10.9. The average Bonchev–Trinajstić information content (AvgIpc) is 2.76. The van der Waals surface area contributed by atoms with Crippen LogP contribution in [0.3, 0.4) is 0 Å². The van der Waals surface area contributed by atoms with Crippen molar-refractivity contribution in [1.29, 1.82) is 0 Å². The van der Waals surface area contributed by atoms with Gasteiger partial charge in [-0.05, 0) is 37.6 Å². The summed E-state index contributed by atoms with van der Waals surface area (Å²) in [6.07, 6.45) is 3.83. The number of likely N-dealkylation sites (tertiary alicyclic amines) is 1. The topological polar surface area (TPSA) is 60.8 Å². The van der Waals surface area contributed by atoms with Crippen LogP contribution in [-0.4, -0.2) is 47.3 Å². The summed E-state index contributed by atoms with van der Waals surface area (Å²) in [5, 5.41) is 17.8. The fourth-order valence-corrected chi connectivity index (χ4v) is 3.15. The summed E-state index contributed by atoms with van der Waals surface area (Å²) in [4.78, 5) is 13.1. The van der Waals surface area contributed by atoms with Gasteiger partial charge in [-0.15, -0.1) is 0 Å². The summed E-state index contributed by atoms with van der Waals surface area (Å²) < 4.78 is 0. The van der Waals surface area contributed by atoms with E-state index in [2.05, 4.69) is 4.90 Å². The number of hydrogen-bond acceptors (Lipinski definition) is 3. The van der Waals surface area contributed by atoms with E-state index in [4.69, 9.17) is 10.2 Å². The minimum Gasteiger partial charge on any atom is -0.481 e. The molecule has 1 aliphatic heterocycles. The maximum absolute atomic E-state index is 10.9. The summed E-state index contributed by atoms with van der Waals surface area (Å²) in [5.41, 5.74) is 0.248. The van der Waals surface area contributed by atoms with Gasteiger partial charge in [-0.1, -0.05) is 0 Å². The van der Waals surface area contributed by atoms with E-state index in [1.54, 1.807) is 0 Å². The van der Waals surface area contributed by atoms with Crippen molar-refractivity contribution in [2.24, 2.45) is 11.3 Å². The fourth-order valence-electron chi connectivity index (χ4n) is 3.15. The molecule has 0 radical (unpaired) electrons. The SMILES string of the molecule is O=C(O)[C@H]1CC[C@@]2(CCN(CCO)C2)C1. The monoisotopic (exact) mass is 213 g/mol. The molecule has 1 saturated carbocycles. The first-order chi connectivity index (χ1) is 7.15. The van der Waals surface area contributed by atoms with Crippen molar-refractivity contribution in [2.45, 2.75) is 25.7 Å². The molecule has 4 nitrogen and oxygen atoms in total. The molecule has 1 spiro atoms. The van der Waals surface area contributed by atoms with E-state index < -0.39 is 5.97 Å². The summed E-state index contributed by atoms with van der Waals surface area (Å²) in [6.45, 7) is 2.95. The molecule has 86 valence electrons. The van der Waals surface area contributed by atoms with Crippen molar-refractivity contribution in [1.82, 2.24) is 4.90 Å². The van der Waals surface area contributed by atoms with Crippen molar-refractivity contribution in [2.75, 3.05) is 26.2 Å². The largest absolute Gasteiger partial charge is 0.481 e. The number of rotatable bonds is 3. The van der Waals surface area contributed by atoms with Crippen LogP contribution in [0.5, 0.6) is 0 Å². The predicted molar refractivity (Wildman–Crippen MR) is 55.6 cm³/mol. The van der Waals surface area contributed by atoms with Crippen LogP contribution in [0.15, 0.2) is 0 Å². The lowest BCUT2D eigenvalue weighted by molar-refractivity contribution is -0.141. The Morgan fingerprint density at radius 1 is 1.47 bits per heavy atom. The lowest BCUT2D eigenvalue weighted by Crippen LogP contribution is -2.28. The zero-order valence-electron chi connectivity index (χ0n) is 8.98. The van der Waals surface area contributed by atoms with Crippen LogP contribution in [-0.2, 0) is 4.79 Å². The Morgan fingerprint density at radius 2 is 2.27 bits per heavy atom. The molecular weight excluding hydrogens is 194 g/mol. The molecule has 2 aliphatic rings. The number of carboxylic acids is 1. The summed E-state index contributed by atoms with van der Waals surface area (Å²) in [6, 6.07) is 0. The molecule has 2 atom stereocenters. The highest BCUT2D eigenvalue weighted by Crippen LogP contribution is 2.47. The molecule has 1 aliphatic carbocycles. The first kappa shape index (κ1) is 10.9. The number of nitrogens with zero attached hydrogens (tertiary/aromatic N) is 1. The van der Waals surface area contributed by atoms with E-state index in [1.807, 2.05) is 0 Å². The second-order valence-corrected chi connectivity index (χ2v) is 5.03. The number of hydrogen-bond donors (Lipinski definition) is 2. The Labute approximate surface area is 89.9 Å². The Morgan fingerprint density at radius 3 is 2.87 bits per heavy atom. The first-order valence-electron chi connectivity index (χ1n) is 5.71. The Bertz CT molecular complexity index is 256. The van der Waals surface area contributed by atoms with Crippen LogP contribution in [0.1, 0.15) is 25.7 Å². The fraction of sp³-hybridized carbons (Fsp3) is 0.909. The van der Waals surface area contributed by atoms with Gasteiger partial charge in [0.15, 0.2) is 0 Å². The first-order valence-corrected chi connectivity index (χ1v) is 5.71. The lowest BCUT2D eigenvalue weighted by Gasteiger charge is -2.23. The third-order valence-corrected chi connectivity index (χ3v) is 3.99. The molecule has 1 heterocycles. The molecule has 0 aromatic rings. The van der Waals surface area contributed by atoms with Crippen LogP contribution in [0, 0.1) is 11.3 Å².